The number of ether oxygens (including phenoxy) is 2. The van der Waals surface area contributed by atoms with Crippen molar-refractivity contribution in [1.82, 2.24) is 5.32 Å². The molecular weight excluding hydrogens is 238 g/mol. The summed E-state index contributed by atoms with van der Waals surface area (Å²) in [7, 11) is 3.96. The number of hydrogen-bond donors (Lipinski definition) is 1. The average Bonchev–Trinajstić information content (AvgIpc) is 2.43. The van der Waals surface area contributed by atoms with Crippen LogP contribution in [-0.4, -0.2) is 38.0 Å². The molecule has 2 aliphatic rings. The maximum Gasteiger partial charge on any atom is 0.0828 e. The Kier molecular flexibility index (Phi) is 4.91. The zero-order valence-corrected chi connectivity index (χ0v) is 13.1. The molecule has 2 rings (SSSR count). The highest BCUT2D eigenvalue weighted by Gasteiger charge is 2.48. The van der Waals surface area contributed by atoms with Gasteiger partial charge in [0.25, 0.3) is 0 Å². The predicted molar refractivity (Wildman–Crippen MR) is 78.4 cm³/mol. The van der Waals surface area contributed by atoms with Crippen LogP contribution in [0.1, 0.15) is 58.8 Å². The molecule has 0 bridgehead atoms. The molecule has 2 atom stereocenters. The fraction of sp³-hybridized carbons (Fsp3) is 1.00. The van der Waals surface area contributed by atoms with E-state index < -0.39 is 0 Å². The van der Waals surface area contributed by atoms with Gasteiger partial charge in [0, 0.05) is 19.8 Å². The summed E-state index contributed by atoms with van der Waals surface area (Å²) in [5.41, 5.74) is 0.195. The van der Waals surface area contributed by atoms with Crippen molar-refractivity contribution in [3.05, 3.63) is 0 Å². The van der Waals surface area contributed by atoms with Crippen LogP contribution in [0.2, 0.25) is 0 Å². The van der Waals surface area contributed by atoms with Crippen molar-refractivity contribution < 1.29 is 9.47 Å². The Hall–Kier alpha value is -0.120. The quantitative estimate of drug-likeness (QED) is 0.803. The Morgan fingerprint density at radius 1 is 1.37 bits per heavy atom. The SMILES string of the molecule is CCC(CC)(OC)C(NC)C1CCOC2(CCC2)C1. The van der Waals surface area contributed by atoms with Crippen molar-refractivity contribution in [3.63, 3.8) is 0 Å². The van der Waals surface area contributed by atoms with E-state index in [0.717, 1.165) is 19.4 Å². The summed E-state index contributed by atoms with van der Waals surface area (Å²) in [5, 5.41) is 3.57. The highest BCUT2D eigenvalue weighted by atomic mass is 16.5. The average molecular weight is 269 g/mol. The minimum atomic E-state index is -0.0261. The second-order valence-electron chi connectivity index (χ2n) is 6.38. The van der Waals surface area contributed by atoms with Crippen LogP contribution in [0.3, 0.4) is 0 Å². The molecule has 1 saturated carbocycles. The van der Waals surface area contributed by atoms with Crippen molar-refractivity contribution in [2.75, 3.05) is 20.8 Å². The zero-order valence-electron chi connectivity index (χ0n) is 13.1. The lowest BCUT2D eigenvalue weighted by Crippen LogP contribution is -2.58. The summed E-state index contributed by atoms with van der Waals surface area (Å²) in [6.45, 7) is 5.42. The van der Waals surface area contributed by atoms with Crippen LogP contribution >= 0.6 is 0 Å². The van der Waals surface area contributed by atoms with E-state index in [9.17, 15) is 0 Å². The third kappa shape index (κ3) is 2.70. The highest BCUT2D eigenvalue weighted by Crippen LogP contribution is 2.46. The standard InChI is InChI=1S/C16H31NO2/c1-5-16(6-2,18-4)14(17-3)13-8-11-19-15(12-13)9-7-10-15/h13-14,17H,5-12H2,1-4H3. The molecule has 3 nitrogen and oxygen atoms in total. The number of likely N-dealkylation sites (N-methyl/N-ethyl adjacent to an activating group) is 1. The fourth-order valence-corrected chi connectivity index (χ4v) is 4.30. The molecule has 2 unspecified atom stereocenters. The summed E-state index contributed by atoms with van der Waals surface area (Å²) in [4.78, 5) is 0. The van der Waals surface area contributed by atoms with E-state index in [1.807, 2.05) is 7.11 Å². The van der Waals surface area contributed by atoms with E-state index >= 15 is 0 Å². The van der Waals surface area contributed by atoms with E-state index in [-0.39, 0.29) is 11.2 Å². The Morgan fingerprint density at radius 2 is 2.05 bits per heavy atom. The molecule has 2 fully saturated rings. The summed E-state index contributed by atoms with van der Waals surface area (Å²) >= 11 is 0. The molecule has 0 aromatic heterocycles. The van der Waals surface area contributed by atoms with Crippen LogP contribution in [-0.2, 0) is 9.47 Å². The second kappa shape index (κ2) is 6.11. The van der Waals surface area contributed by atoms with Gasteiger partial charge in [0.2, 0.25) is 0 Å². The van der Waals surface area contributed by atoms with Crippen LogP contribution in [0.15, 0.2) is 0 Å². The molecule has 1 aliphatic carbocycles. The van der Waals surface area contributed by atoms with Gasteiger partial charge in [-0.25, -0.2) is 0 Å². The van der Waals surface area contributed by atoms with E-state index in [1.165, 1.54) is 32.1 Å². The third-order valence-corrected chi connectivity index (χ3v) is 5.75. The molecule has 0 amide bonds. The highest BCUT2D eigenvalue weighted by molar-refractivity contribution is 5.01. The molecule has 1 heterocycles. The topological polar surface area (TPSA) is 30.5 Å². The van der Waals surface area contributed by atoms with Gasteiger partial charge in [-0.2, -0.15) is 0 Å². The maximum absolute atomic E-state index is 6.07. The van der Waals surface area contributed by atoms with E-state index in [4.69, 9.17) is 9.47 Å². The minimum absolute atomic E-state index is 0.0261. The Morgan fingerprint density at radius 3 is 2.47 bits per heavy atom. The molecule has 0 aromatic carbocycles. The second-order valence-corrected chi connectivity index (χ2v) is 6.38. The molecule has 3 heteroatoms. The molecule has 0 radical (unpaired) electrons. The van der Waals surface area contributed by atoms with Gasteiger partial charge in [-0.15, -0.1) is 0 Å². The molecule has 19 heavy (non-hydrogen) atoms. The van der Waals surface area contributed by atoms with Gasteiger partial charge >= 0.3 is 0 Å². The van der Waals surface area contributed by atoms with Crippen LogP contribution in [0.25, 0.3) is 0 Å². The zero-order chi connectivity index (χ0) is 13.9. The normalized spacial score (nSPS) is 28.1. The van der Waals surface area contributed by atoms with Crippen molar-refractivity contribution in [2.45, 2.75) is 76.0 Å². The van der Waals surface area contributed by atoms with Crippen molar-refractivity contribution in [1.29, 1.82) is 0 Å². The van der Waals surface area contributed by atoms with E-state index in [2.05, 4.69) is 26.2 Å². The largest absolute Gasteiger partial charge is 0.377 e. The summed E-state index contributed by atoms with van der Waals surface area (Å²) < 4.78 is 12.0. The van der Waals surface area contributed by atoms with Gasteiger partial charge in [0.1, 0.15) is 0 Å². The van der Waals surface area contributed by atoms with Gasteiger partial charge in [-0.1, -0.05) is 13.8 Å². The van der Waals surface area contributed by atoms with Crippen molar-refractivity contribution in [3.8, 4) is 0 Å². The number of rotatable bonds is 6. The first-order valence-corrected chi connectivity index (χ1v) is 8.01. The molecule has 1 aliphatic heterocycles. The predicted octanol–water partition coefficient (Wildman–Crippen LogP) is 3.13. The van der Waals surface area contributed by atoms with Gasteiger partial charge < -0.3 is 14.8 Å². The van der Waals surface area contributed by atoms with Gasteiger partial charge in [-0.05, 0) is 57.9 Å². The summed E-state index contributed by atoms with van der Waals surface area (Å²) in [6.07, 6.45) is 8.37. The smallest absolute Gasteiger partial charge is 0.0828 e. The van der Waals surface area contributed by atoms with Gasteiger partial charge in [0.05, 0.1) is 11.2 Å². The fourth-order valence-electron chi connectivity index (χ4n) is 4.30. The Labute approximate surface area is 118 Å². The van der Waals surface area contributed by atoms with Gasteiger partial charge in [0.15, 0.2) is 0 Å². The molecule has 1 saturated heterocycles. The first kappa shape index (κ1) is 15.3. The number of hydrogen-bond acceptors (Lipinski definition) is 3. The Bertz CT molecular complexity index is 276. The number of methoxy groups -OCH3 is 1. The van der Waals surface area contributed by atoms with Crippen molar-refractivity contribution in [2.24, 2.45) is 5.92 Å². The molecular formula is C16H31NO2. The molecule has 1 N–H and O–H groups in total. The molecule has 0 aromatic rings. The number of nitrogens with one attached hydrogen (secondary N) is 1. The molecule has 1 spiro atoms. The minimum Gasteiger partial charge on any atom is -0.377 e. The first-order valence-electron chi connectivity index (χ1n) is 8.01. The third-order valence-electron chi connectivity index (χ3n) is 5.75. The lowest BCUT2D eigenvalue weighted by atomic mass is 9.67. The molecule has 112 valence electrons. The van der Waals surface area contributed by atoms with Crippen LogP contribution in [0, 0.1) is 5.92 Å². The lowest BCUT2D eigenvalue weighted by molar-refractivity contribution is -0.161. The lowest BCUT2D eigenvalue weighted by Gasteiger charge is -2.51. The van der Waals surface area contributed by atoms with Crippen LogP contribution in [0.5, 0.6) is 0 Å². The van der Waals surface area contributed by atoms with Crippen molar-refractivity contribution >= 4 is 0 Å². The summed E-state index contributed by atoms with van der Waals surface area (Å²) in [5.74, 6) is 0.680. The summed E-state index contributed by atoms with van der Waals surface area (Å²) in [6, 6.07) is 0.439. The monoisotopic (exact) mass is 269 g/mol. The van der Waals surface area contributed by atoms with E-state index in [0.29, 0.717) is 12.0 Å². The van der Waals surface area contributed by atoms with Crippen LogP contribution < -0.4 is 5.32 Å². The van der Waals surface area contributed by atoms with E-state index in [1.54, 1.807) is 0 Å². The maximum atomic E-state index is 6.07. The first-order chi connectivity index (χ1) is 9.15. The van der Waals surface area contributed by atoms with Gasteiger partial charge in [-0.3, -0.25) is 0 Å². The van der Waals surface area contributed by atoms with Crippen LogP contribution in [0.4, 0.5) is 0 Å². The Balaban J connectivity index is 2.11.